The maximum atomic E-state index is 12.1. The number of amides is 2. The van der Waals surface area contributed by atoms with Crippen molar-refractivity contribution in [3.8, 4) is 5.75 Å². The van der Waals surface area contributed by atoms with Crippen LogP contribution in [0.25, 0.3) is 0 Å². The first-order chi connectivity index (χ1) is 13.0. The van der Waals surface area contributed by atoms with E-state index in [1.165, 1.54) is 5.56 Å². The Bertz CT molecular complexity index is 754. The van der Waals surface area contributed by atoms with E-state index in [0.717, 1.165) is 12.8 Å². The smallest absolute Gasteiger partial charge is 0.262 e. The summed E-state index contributed by atoms with van der Waals surface area (Å²) in [6, 6.07) is 14.6. The Morgan fingerprint density at radius 3 is 2.48 bits per heavy atom. The second-order valence-corrected chi connectivity index (χ2v) is 6.75. The fourth-order valence-corrected chi connectivity index (χ4v) is 2.51. The molecule has 0 saturated heterocycles. The van der Waals surface area contributed by atoms with Gasteiger partial charge in [0.1, 0.15) is 5.75 Å². The van der Waals surface area contributed by atoms with E-state index in [-0.39, 0.29) is 18.4 Å². The minimum atomic E-state index is -0.272. The number of anilines is 1. The number of unbranched alkanes of at least 4 members (excludes halogenated alkanes) is 1. The highest BCUT2D eigenvalue weighted by atomic mass is 16.5. The average Bonchev–Trinajstić information content (AvgIpc) is 2.67. The predicted octanol–water partition coefficient (Wildman–Crippen LogP) is 4.36. The lowest BCUT2D eigenvalue weighted by molar-refractivity contribution is -0.118. The van der Waals surface area contributed by atoms with Gasteiger partial charge in [0, 0.05) is 17.8 Å². The molecule has 0 unspecified atom stereocenters. The summed E-state index contributed by atoms with van der Waals surface area (Å²) in [6.45, 7) is 6.88. The number of hydrogen-bond acceptors (Lipinski definition) is 3. The molecule has 2 N–H and O–H groups in total. The molecule has 0 spiro atoms. The van der Waals surface area contributed by atoms with Gasteiger partial charge in [-0.2, -0.15) is 0 Å². The fourth-order valence-electron chi connectivity index (χ4n) is 2.51. The summed E-state index contributed by atoms with van der Waals surface area (Å²) >= 11 is 0. The number of benzene rings is 2. The summed E-state index contributed by atoms with van der Waals surface area (Å²) in [5.74, 6) is 0.694. The summed E-state index contributed by atoms with van der Waals surface area (Å²) in [7, 11) is 0. The van der Waals surface area contributed by atoms with Crippen molar-refractivity contribution in [2.24, 2.45) is 0 Å². The van der Waals surface area contributed by atoms with Gasteiger partial charge in [-0.1, -0.05) is 45.4 Å². The van der Waals surface area contributed by atoms with Crippen LogP contribution in [0.5, 0.6) is 5.75 Å². The molecule has 0 aromatic heterocycles. The molecule has 0 aliphatic heterocycles. The van der Waals surface area contributed by atoms with Crippen molar-refractivity contribution < 1.29 is 14.3 Å². The standard InChI is InChI=1S/C22H28N2O3/c1-4-5-13-23-22(26)18-7-6-8-19(14-18)24-21(25)15-27-20-11-9-17(10-12-20)16(2)3/h6-12,14,16H,4-5,13,15H2,1-3H3,(H,23,26)(H,24,25). The van der Waals surface area contributed by atoms with Gasteiger partial charge in [0.05, 0.1) is 0 Å². The van der Waals surface area contributed by atoms with E-state index in [2.05, 4.69) is 31.4 Å². The normalized spacial score (nSPS) is 10.5. The molecule has 0 atom stereocenters. The first-order valence-corrected chi connectivity index (χ1v) is 9.40. The van der Waals surface area contributed by atoms with Crippen LogP contribution in [-0.4, -0.2) is 25.0 Å². The minimum Gasteiger partial charge on any atom is -0.484 e. The highest BCUT2D eigenvalue weighted by Gasteiger charge is 2.08. The Hall–Kier alpha value is -2.82. The summed E-state index contributed by atoms with van der Waals surface area (Å²) in [5, 5.41) is 5.62. The molecule has 2 aromatic rings. The van der Waals surface area contributed by atoms with E-state index in [1.807, 2.05) is 24.3 Å². The summed E-state index contributed by atoms with van der Waals surface area (Å²) in [6.07, 6.45) is 1.97. The zero-order valence-electron chi connectivity index (χ0n) is 16.2. The first kappa shape index (κ1) is 20.5. The summed E-state index contributed by atoms with van der Waals surface area (Å²) in [4.78, 5) is 24.2. The Morgan fingerprint density at radius 2 is 1.81 bits per heavy atom. The monoisotopic (exact) mass is 368 g/mol. The van der Waals surface area contributed by atoms with Gasteiger partial charge < -0.3 is 15.4 Å². The highest BCUT2D eigenvalue weighted by Crippen LogP contribution is 2.18. The van der Waals surface area contributed by atoms with E-state index in [1.54, 1.807) is 24.3 Å². The second-order valence-electron chi connectivity index (χ2n) is 6.75. The lowest BCUT2D eigenvalue weighted by Gasteiger charge is -2.10. The quantitative estimate of drug-likeness (QED) is 0.646. The van der Waals surface area contributed by atoms with Crippen LogP contribution in [0.2, 0.25) is 0 Å². The molecule has 2 amide bonds. The molecule has 0 bridgehead atoms. The second kappa shape index (κ2) is 10.4. The summed E-state index contributed by atoms with van der Waals surface area (Å²) < 4.78 is 5.53. The third kappa shape index (κ3) is 6.77. The Morgan fingerprint density at radius 1 is 1.07 bits per heavy atom. The Kier molecular flexibility index (Phi) is 7.86. The van der Waals surface area contributed by atoms with Crippen LogP contribution in [-0.2, 0) is 4.79 Å². The van der Waals surface area contributed by atoms with Gasteiger partial charge in [-0.25, -0.2) is 0 Å². The van der Waals surface area contributed by atoms with Crippen LogP contribution >= 0.6 is 0 Å². The van der Waals surface area contributed by atoms with Crippen LogP contribution in [0, 0.1) is 0 Å². The average molecular weight is 368 g/mol. The van der Waals surface area contributed by atoms with Gasteiger partial charge in [-0.3, -0.25) is 9.59 Å². The van der Waals surface area contributed by atoms with Crippen molar-refractivity contribution in [3.05, 3.63) is 59.7 Å². The van der Waals surface area contributed by atoms with E-state index in [0.29, 0.717) is 29.5 Å². The third-order valence-electron chi connectivity index (χ3n) is 4.14. The molecule has 0 fully saturated rings. The zero-order valence-corrected chi connectivity index (χ0v) is 16.2. The minimum absolute atomic E-state index is 0.0893. The summed E-state index contributed by atoms with van der Waals surface area (Å²) in [5.41, 5.74) is 2.32. The zero-order chi connectivity index (χ0) is 19.6. The number of nitrogens with one attached hydrogen (secondary N) is 2. The van der Waals surface area contributed by atoms with Gasteiger partial charge in [0.2, 0.25) is 0 Å². The molecule has 5 heteroatoms. The van der Waals surface area contributed by atoms with Gasteiger partial charge in [-0.15, -0.1) is 0 Å². The van der Waals surface area contributed by atoms with E-state index in [4.69, 9.17) is 4.74 Å². The van der Waals surface area contributed by atoms with Crippen LogP contribution < -0.4 is 15.4 Å². The van der Waals surface area contributed by atoms with Crippen molar-refractivity contribution in [2.45, 2.75) is 39.5 Å². The molecular formula is C22H28N2O3. The van der Waals surface area contributed by atoms with Crippen LogP contribution in [0.4, 0.5) is 5.69 Å². The third-order valence-corrected chi connectivity index (χ3v) is 4.14. The molecule has 0 aliphatic carbocycles. The molecule has 2 aromatic carbocycles. The topological polar surface area (TPSA) is 67.4 Å². The van der Waals surface area contributed by atoms with E-state index < -0.39 is 0 Å². The van der Waals surface area contributed by atoms with Crippen molar-refractivity contribution in [2.75, 3.05) is 18.5 Å². The van der Waals surface area contributed by atoms with Crippen LogP contribution in [0.3, 0.4) is 0 Å². The molecule has 0 aliphatic rings. The van der Waals surface area contributed by atoms with E-state index >= 15 is 0 Å². The van der Waals surface area contributed by atoms with Crippen molar-refractivity contribution in [1.82, 2.24) is 5.32 Å². The number of hydrogen-bond donors (Lipinski definition) is 2. The SMILES string of the molecule is CCCCNC(=O)c1cccc(NC(=O)COc2ccc(C(C)C)cc2)c1. The molecule has 0 saturated carbocycles. The van der Waals surface area contributed by atoms with E-state index in [9.17, 15) is 9.59 Å². The van der Waals surface area contributed by atoms with Gasteiger partial charge in [0.15, 0.2) is 6.61 Å². The van der Waals surface area contributed by atoms with Gasteiger partial charge in [-0.05, 0) is 48.2 Å². The number of ether oxygens (including phenoxy) is 1. The Balaban J connectivity index is 1.86. The van der Waals surface area contributed by atoms with Crippen LogP contribution in [0.15, 0.2) is 48.5 Å². The highest BCUT2D eigenvalue weighted by molar-refractivity contribution is 5.97. The number of carbonyl (C=O) groups is 2. The maximum absolute atomic E-state index is 12.1. The lowest BCUT2D eigenvalue weighted by Crippen LogP contribution is -2.25. The Labute approximate surface area is 161 Å². The molecule has 0 radical (unpaired) electrons. The molecule has 2 rings (SSSR count). The van der Waals surface area contributed by atoms with Gasteiger partial charge in [0.25, 0.3) is 11.8 Å². The van der Waals surface area contributed by atoms with Gasteiger partial charge >= 0.3 is 0 Å². The maximum Gasteiger partial charge on any atom is 0.262 e. The first-order valence-electron chi connectivity index (χ1n) is 9.40. The molecule has 144 valence electrons. The molecule has 5 nitrogen and oxygen atoms in total. The van der Waals surface area contributed by atoms with Crippen molar-refractivity contribution in [1.29, 1.82) is 0 Å². The van der Waals surface area contributed by atoms with Crippen LogP contribution in [0.1, 0.15) is 55.5 Å². The number of rotatable bonds is 9. The lowest BCUT2D eigenvalue weighted by atomic mass is 10.0. The predicted molar refractivity (Wildman–Crippen MR) is 108 cm³/mol. The largest absolute Gasteiger partial charge is 0.484 e. The molecule has 0 heterocycles. The molecule has 27 heavy (non-hydrogen) atoms. The molecular weight excluding hydrogens is 340 g/mol. The number of carbonyl (C=O) groups excluding carboxylic acids is 2. The van der Waals surface area contributed by atoms with Crippen molar-refractivity contribution >= 4 is 17.5 Å². The fraction of sp³-hybridized carbons (Fsp3) is 0.364. The van der Waals surface area contributed by atoms with Crippen molar-refractivity contribution in [3.63, 3.8) is 0 Å².